The maximum Gasteiger partial charge on any atom is 0.281 e. The Morgan fingerprint density at radius 1 is 1.21 bits per heavy atom. The third-order valence-electron chi connectivity index (χ3n) is 5.26. The molecule has 0 saturated heterocycles. The molecule has 0 radical (unpaired) electrons. The van der Waals surface area contributed by atoms with Crippen LogP contribution in [0.25, 0.3) is 21.5 Å². The predicted molar refractivity (Wildman–Crippen MR) is 119 cm³/mol. The quantitative estimate of drug-likeness (QED) is 0.383. The average Bonchev–Trinajstić information content (AvgIpc) is 3.18. The molecule has 0 unspecified atom stereocenters. The molecule has 0 amide bonds. The Kier molecular flexibility index (Phi) is 4.30. The minimum atomic E-state index is -0.272. The van der Waals surface area contributed by atoms with E-state index in [0.717, 1.165) is 27.3 Å². The van der Waals surface area contributed by atoms with Crippen molar-refractivity contribution in [2.45, 2.75) is 19.9 Å². The van der Waals surface area contributed by atoms with Gasteiger partial charge in [-0.05, 0) is 35.7 Å². The molecule has 0 spiro atoms. The molecule has 0 aliphatic carbocycles. The molecule has 4 nitrogen and oxygen atoms in total. The molecule has 2 aromatic heterocycles. The first kappa shape index (κ1) is 18.2. The van der Waals surface area contributed by atoms with E-state index in [1.165, 1.54) is 0 Å². The minimum absolute atomic E-state index is 0.0232. The van der Waals surface area contributed by atoms with Crippen LogP contribution in [-0.2, 0) is 13.0 Å². The van der Waals surface area contributed by atoms with Crippen LogP contribution in [0.3, 0.4) is 0 Å². The van der Waals surface area contributed by atoms with Crippen molar-refractivity contribution >= 4 is 44.5 Å². The van der Waals surface area contributed by atoms with E-state index in [2.05, 4.69) is 11.9 Å². The van der Waals surface area contributed by atoms with Crippen LogP contribution >= 0.6 is 22.9 Å². The van der Waals surface area contributed by atoms with Crippen molar-refractivity contribution in [3.63, 3.8) is 0 Å². The molecular weight excluding hydrogens is 404 g/mol. The maximum absolute atomic E-state index is 12.8. The standard InChI is InChI=1S/C23H17ClN2O2S/c1-2-14-11-17-22(28)25-21-19(20(27)16-9-5-6-10-18(16)24)15-8-4-3-7-13(15)12-26(21)23(17)29-14/h3-11,27H,2,12H2,1H3. The van der Waals surface area contributed by atoms with Gasteiger partial charge in [-0.2, -0.15) is 4.98 Å². The van der Waals surface area contributed by atoms with Crippen LogP contribution in [0.4, 0.5) is 0 Å². The lowest BCUT2D eigenvalue weighted by Crippen LogP contribution is -2.23. The summed E-state index contributed by atoms with van der Waals surface area (Å²) in [6.45, 7) is 2.67. The fraction of sp³-hybridized carbons (Fsp3) is 0.130. The summed E-state index contributed by atoms with van der Waals surface area (Å²) < 4.78 is 2.03. The first-order chi connectivity index (χ1) is 14.1. The molecule has 0 bridgehead atoms. The Morgan fingerprint density at radius 2 is 1.97 bits per heavy atom. The predicted octanol–water partition coefficient (Wildman–Crippen LogP) is 5.51. The highest BCUT2D eigenvalue weighted by atomic mass is 35.5. The van der Waals surface area contributed by atoms with E-state index in [1.807, 2.05) is 47.0 Å². The number of aliphatic hydroxyl groups is 1. The number of aromatic nitrogens is 2. The second-order valence-corrected chi connectivity index (χ2v) is 8.49. The summed E-state index contributed by atoms with van der Waals surface area (Å²) in [6, 6.07) is 17.0. The lowest BCUT2D eigenvalue weighted by molar-refractivity contribution is 0.512. The summed E-state index contributed by atoms with van der Waals surface area (Å²) in [4.78, 5) is 19.2. The molecule has 4 aromatic rings. The fourth-order valence-corrected chi connectivity index (χ4v) is 5.14. The number of halogens is 1. The Labute approximate surface area is 176 Å². The second-order valence-electron chi connectivity index (χ2n) is 6.97. The third-order valence-corrected chi connectivity index (χ3v) is 6.89. The molecule has 29 heavy (non-hydrogen) atoms. The summed E-state index contributed by atoms with van der Waals surface area (Å²) in [5.41, 5.74) is 2.70. The third kappa shape index (κ3) is 2.81. The first-order valence-corrected chi connectivity index (χ1v) is 10.6. The average molecular weight is 421 g/mol. The van der Waals surface area contributed by atoms with Crippen LogP contribution < -0.4 is 5.56 Å². The zero-order valence-corrected chi connectivity index (χ0v) is 17.2. The van der Waals surface area contributed by atoms with Gasteiger partial charge < -0.3 is 9.67 Å². The van der Waals surface area contributed by atoms with E-state index in [0.29, 0.717) is 33.9 Å². The summed E-state index contributed by atoms with van der Waals surface area (Å²) in [5.74, 6) is 0.498. The highest BCUT2D eigenvalue weighted by Gasteiger charge is 2.28. The Bertz CT molecular complexity index is 1370. The molecule has 144 valence electrons. The highest BCUT2D eigenvalue weighted by Crippen LogP contribution is 2.39. The van der Waals surface area contributed by atoms with Gasteiger partial charge in [-0.15, -0.1) is 11.3 Å². The molecule has 3 heterocycles. The summed E-state index contributed by atoms with van der Waals surface area (Å²) in [6.07, 6.45) is 0.859. The number of rotatable bonds is 2. The van der Waals surface area contributed by atoms with Gasteiger partial charge in [0, 0.05) is 10.4 Å². The topological polar surface area (TPSA) is 55.1 Å². The van der Waals surface area contributed by atoms with Crippen LogP contribution in [-0.4, -0.2) is 14.7 Å². The van der Waals surface area contributed by atoms with E-state index < -0.39 is 0 Å². The molecule has 1 N–H and O–H groups in total. The molecule has 1 aliphatic heterocycles. The van der Waals surface area contributed by atoms with Crippen molar-refractivity contribution in [3.05, 3.63) is 97.4 Å². The number of aliphatic hydroxyl groups excluding tert-OH is 1. The van der Waals surface area contributed by atoms with Crippen LogP contribution in [0.5, 0.6) is 0 Å². The number of hydrogen-bond donors (Lipinski definition) is 1. The number of thiophene rings is 1. The number of fused-ring (bicyclic) bond motifs is 4. The molecule has 1 aliphatic rings. The summed E-state index contributed by atoms with van der Waals surface area (Å²) in [5, 5.41) is 12.4. The van der Waals surface area contributed by atoms with Crippen molar-refractivity contribution in [2.75, 3.05) is 0 Å². The van der Waals surface area contributed by atoms with Crippen LogP contribution in [0.1, 0.15) is 34.3 Å². The van der Waals surface area contributed by atoms with Gasteiger partial charge in [0.05, 0.1) is 22.5 Å². The molecule has 0 saturated carbocycles. The van der Waals surface area contributed by atoms with E-state index >= 15 is 0 Å². The zero-order chi connectivity index (χ0) is 20.1. The maximum atomic E-state index is 12.8. The Morgan fingerprint density at radius 3 is 2.76 bits per heavy atom. The molecular formula is C23H17ClN2O2S. The lowest BCUT2D eigenvalue weighted by atomic mass is 9.92. The summed E-state index contributed by atoms with van der Waals surface area (Å²) >= 11 is 7.97. The molecule has 2 aromatic carbocycles. The first-order valence-electron chi connectivity index (χ1n) is 9.38. The van der Waals surface area contributed by atoms with Gasteiger partial charge in [0.1, 0.15) is 16.4 Å². The van der Waals surface area contributed by atoms with Gasteiger partial charge in [-0.25, -0.2) is 0 Å². The van der Waals surface area contributed by atoms with Crippen molar-refractivity contribution in [3.8, 4) is 0 Å². The van der Waals surface area contributed by atoms with Gasteiger partial charge in [-0.1, -0.05) is 54.9 Å². The molecule has 6 heteroatoms. The number of nitrogens with zero attached hydrogens (tertiary/aromatic N) is 2. The van der Waals surface area contributed by atoms with Crippen LogP contribution in [0, 0.1) is 0 Å². The summed E-state index contributed by atoms with van der Waals surface area (Å²) in [7, 11) is 0. The van der Waals surface area contributed by atoms with Gasteiger partial charge >= 0.3 is 0 Å². The number of benzene rings is 2. The van der Waals surface area contributed by atoms with E-state index in [1.54, 1.807) is 23.5 Å². The van der Waals surface area contributed by atoms with Crippen molar-refractivity contribution in [1.29, 1.82) is 0 Å². The Hall–Kier alpha value is -2.89. The van der Waals surface area contributed by atoms with Gasteiger partial charge in [-0.3, -0.25) is 4.79 Å². The minimum Gasteiger partial charge on any atom is -0.506 e. The molecule has 0 atom stereocenters. The second kappa shape index (κ2) is 6.87. The van der Waals surface area contributed by atoms with E-state index in [-0.39, 0.29) is 11.3 Å². The van der Waals surface area contributed by atoms with Gasteiger partial charge in [0.25, 0.3) is 5.56 Å². The largest absolute Gasteiger partial charge is 0.506 e. The van der Waals surface area contributed by atoms with Crippen LogP contribution in [0.15, 0.2) is 59.4 Å². The Balaban J connectivity index is 1.90. The fourth-order valence-electron chi connectivity index (χ4n) is 3.82. The number of hydrogen-bond acceptors (Lipinski definition) is 4. The smallest absolute Gasteiger partial charge is 0.281 e. The van der Waals surface area contributed by atoms with E-state index in [4.69, 9.17) is 11.6 Å². The monoisotopic (exact) mass is 420 g/mol. The van der Waals surface area contributed by atoms with Crippen molar-refractivity contribution in [1.82, 2.24) is 9.55 Å². The van der Waals surface area contributed by atoms with Crippen LogP contribution in [0.2, 0.25) is 5.02 Å². The normalized spacial score (nSPS) is 14.6. The van der Waals surface area contributed by atoms with Gasteiger partial charge in [0.2, 0.25) is 0 Å². The van der Waals surface area contributed by atoms with Crippen molar-refractivity contribution < 1.29 is 5.11 Å². The zero-order valence-electron chi connectivity index (χ0n) is 15.6. The molecule has 5 rings (SSSR count). The molecule has 0 fully saturated rings. The van der Waals surface area contributed by atoms with Gasteiger partial charge in [0.15, 0.2) is 0 Å². The van der Waals surface area contributed by atoms with Crippen molar-refractivity contribution in [2.24, 2.45) is 0 Å². The highest BCUT2D eigenvalue weighted by molar-refractivity contribution is 7.18. The SMILES string of the molecule is CCc1cc2c(=O)nc3n(c2s1)Cc1ccccc1C3=C(O)c1ccccc1Cl. The van der Waals surface area contributed by atoms with E-state index in [9.17, 15) is 9.90 Å². The lowest BCUT2D eigenvalue weighted by Gasteiger charge is -2.25. The number of aryl methyl sites for hydroxylation is 1.